The summed E-state index contributed by atoms with van der Waals surface area (Å²) in [5, 5.41) is 17.2. The van der Waals surface area contributed by atoms with E-state index in [4.69, 9.17) is 9.47 Å². The zero-order chi connectivity index (χ0) is 32.1. The van der Waals surface area contributed by atoms with Crippen molar-refractivity contribution in [3.63, 3.8) is 0 Å². The van der Waals surface area contributed by atoms with Crippen molar-refractivity contribution in [2.24, 2.45) is 11.8 Å². The van der Waals surface area contributed by atoms with Crippen LogP contribution in [0.4, 0.5) is 5.82 Å². The van der Waals surface area contributed by atoms with Gasteiger partial charge in [0.1, 0.15) is 18.1 Å². The van der Waals surface area contributed by atoms with E-state index in [-0.39, 0.29) is 23.7 Å². The highest BCUT2D eigenvalue weighted by Crippen LogP contribution is 2.29. The molecule has 2 aliphatic carbocycles. The minimum atomic E-state index is -1.29. The van der Waals surface area contributed by atoms with Crippen molar-refractivity contribution >= 4 is 11.8 Å². The molecule has 2 aliphatic rings. The van der Waals surface area contributed by atoms with Gasteiger partial charge in [-0.25, -0.2) is 14.3 Å². The first kappa shape index (κ1) is 34.6. The lowest BCUT2D eigenvalue weighted by Crippen LogP contribution is -2.43. The molecule has 0 amide bonds. The summed E-state index contributed by atoms with van der Waals surface area (Å²) in [6.45, 7) is 5.02. The number of aromatic nitrogens is 3. The molecule has 0 saturated heterocycles. The minimum absolute atomic E-state index is 0.182. The van der Waals surface area contributed by atoms with E-state index < -0.39 is 11.6 Å². The van der Waals surface area contributed by atoms with Gasteiger partial charge in [0.15, 0.2) is 0 Å². The zero-order valence-corrected chi connectivity index (χ0v) is 27.4. The number of anilines is 1. The Balaban J connectivity index is 1.35. The highest BCUT2D eigenvalue weighted by Gasteiger charge is 2.34. The molecule has 1 atom stereocenters. The van der Waals surface area contributed by atoms with Crippen molar-refractivity contribution in [2.45, 2.75) is 135 Å². The van der Waals surface area contributed by atoms with Gasteiger partial charge < -0.3 is 19.9 Å². The Morgan fingerprint density at radius 2 is 1.51 bits per heavy atom. The standard InChI is InChI=1S/C35H54N4O6/c1-3-22-35(2,33(41)42)45-30-20-18-29(19-21-30)44-26-23-36-31-32(40)38(24-10-16-27-12-6-4-7-13-27)34(43)39(37-31)25-11-17-28-14-8-5-9-15-28/h18-21,27-28H,3-17,22-26H2,1-2H3,(H,36,37)(H,41,42). The van der Waals surface area contributed by atoms with E-state index in [9.17, 15) is 19.5 Å². The first-order valence-corrected chi connectivity index (χ1v) is 17.4. The van der Waals surface area contributed by atoms with Gasteiger partial charge in [-0.1, -0.05) is 77.6 Å². The molecule has 1 heterocycles. The fourth-order valence-corrected chi connectivity index (χ4v) is 6.91. The first-order valence-electron chi connectivity index (χ1n) is 17.4. The fraction of sp³-hybridized carbons (Fsp3) is 0.714. The summed E-state index contributed by atoms with van der Waals surface area (Å²) in [4.78, 5) is 38.5. The molecule has 0 radical (unpaired) electrons. The van der Waals surface area contributed by atoms with E-state index in [0.717, 1.165) is 31.6 Å². The van der Waals surface area contributed by atoms with Crippen LogP contribution in [0.1, 0.15) is 117 Å². The summed E-state index contributed by atoms with van der Waals surface area (Å²) in [6.07, 6.45) is 17.8. The second-order valence-corrected chi connectivity index (χ2v) is 13.2. The Labute approximate surface area is 267 Å². The average Bonchev–Trinajstić information content (AvgIpc) is 3.04. The Bertz CT molecular complexity index is 1310. The van der Waals surface area contributed by atoms with Gasteiger partial charge in [-0.05, 0) is 75.1 Å². The summed E-state index contributed by atoms with van der Waals surface area (Å²) >= 11 is 0. The predicted octanol–water partition coefficient (Wildman–Crippen LogP) is 6.64. The molecule has 0 aliphatic heterocycles. The molecule has 2 N–H and O–H groups in total. The lowest BCUT2D eigenvalue weighted by Gasteiger charge is -2.26. The monoisotopic (exact) mass is 626 g/mol. The number of hydrogen-bond acceptors (Lipinski definition) is 7. The van der Waals surface area contributed by atoms with Crippen LogP contribution in [0.2, 0.25) is 0 Å². The van der Waals surface area contributed by atoms with Crippen molar-refractivity contribution in [1.82, 2.24) is 14.3 Å². The van der Waals surface area contributed by atoms with Crippen LogP contribution in [0.3, 0.4) is 0 Å². The first-order chi connectivity index (χ1) is 21.8. The second kappa shape index (κ2) is 17.4. The number of hydrogen-bond donors (Lipinski definition) is 2. The number of carbonyl (C=O) groups is 1. The SMILES string of the molecule is CCCC(C)(Oc1ccc(OCCNc2nn(CCCC3CCCCC3)c(=O)n(CCCC3CCCCC3)c2=O)cc1)C(=O)O. The highest BCUT2D eigenvalue weighted by molar-refractivity contribution is 5.77. The van der Waals surface area contributed by atoms with E-state index in [1.165, 1.54) is 73.5 Å². The predicted molar refractivity (Wildman–Crippen MR) is 176 cm³/mol. The number of carboxylic acids is 1. The molecular weight excluding hydrogens is 572 g/mol. The Kier molecular flexibility index (Phi) is 13.4. The van der Waals surface area contributed by atoms with Crippen LogP contribution >= 0.6 is 0 Å². The topological polar surface area (TPSA) is 125 Å². The zero-order valence-electron chi connectivity index (χ0n) is 27.4. The molecule has 45 heavy (non-hydrogen) atoms. The largest absolute Gasteiger partial charge is 0.492 e. The summed E-state index contributed by atoms with van der Waals surface area (Å²) in [5.41, 5.74) is -1.97. The van der Waals surface area contributed by atoms with Gasteiger partial charge in [-0.15, -0.1) is 5.10 Å². The minimum Gasteiger partial charge on any atom is -0.492 e. The maximum absolute atomic E-state index is 13.4. The van der Waals surface area contributed by atoms with Gasteiger partial charge in [0.25, 0.3) is 5.56 Å². The van der Waals surface area contributed by atoms with Crippen LogP contribution in [0, 0.1) is 11.8 Å². The number of nitrogens with zero attached hydrogens (tertiary/aromatic N) is 3. The van der Waals surface area contributed by atoms with Gasteiger partial charge >= 0.3 is 11.7 Å². The maximum atomic E-state index is 13.4. The van der Waals surface area contributed by atoms with E-state index in [0.29, 0.717) is 49.9 Å². The van der Waals surface area contributed by atoms with Crippen molar-refractivity contribution < 1.29 is 19.4 Å². The second-order valence-electron chi connectivity index (χ2n) is 13.2. The summed E-state index contributed by atoms with van der Waals surface area (Å²) in [7, 11) is 0. The third kappa shape index (κ3) is 10.4. The number of ether oxygens (including phenoxy) is 2. The molecule has 250 valence electrons. The Hall–Kier alpha value is -3.30. The molecule has 2 saturated carbocycles. The fourth-order valence-electron chi connectivity index (χ4n) is 6.91. The molecule has 2 aromatic rings. The molecule has 10 nitrogen and oxygen atoms in total. The Morgan fingerprint density at radius 3 is 2.09 bits per heavy atom. The summed E-state index contributed by atoms with van der Waals surface area (Å²) in [6, 6.07) is 6.84. The molecule has 0 spiro atoms. The molecule has 1 unspecified atom stereocenters. The van der Waals surface area contributed by atoms with Gasteiger partial charge in [-0.3, -0.25) is 9.36 Å². The van der Waals surface area contributed by atoms with Crippen LogP contribution in [0.5, 0.6) is 11.5 Å². The van der Waals surface area contributed by atoms with Gasteiger partial charge in [0.05, 0.1) is 6.54 Å². The molecule has 0 bridgehead atoms. The van der Waals surface area contributed by atoms with Gasteiger partial charge in [0.2, 0.25) is 11.4 Å². The number of carboxylic acid groups (broad SMARTS) is 1. The van der Waals surface area contributed by atoms with Crippen LogP contribution < -0.4 is 26.0 Å². The van der Waals surface area contributed by atoms with Crippen LogP contribution in [0.25, 0.3) is 0 Å². The maximum Gasteiger partial charge on any atom is 0.347 e. The van der Waals surface area contributed by atoms with Crippen molar-refractivity contribution in [3.8, 4) is 11.5 Å². The summed E-state index contributed by atoms with van der Waals surface area (Å²) < 4.78 is 14.5. The quantitative estimate of drug-likeness (QED) is 0.177. The van der Waals surface area contributed by atoms with Crippen molar-refractivity contribution in [1.29, 1.82) is 0 Å². The van der Waals surface area contributed by atoms with E-state index >= 15 is 0 Å². The van der Waals surface area contributed by atoms with Crippen molar-refractivity contribution in [3.05, 3.63) is 45.1 Å². The van der Waals surface area contributed by atoms with E-state index in [2.05, 4.69) is 10.4 Å². The van der Waals surface area contributed by atoms with E-state index in [1.54, 1.807) is 31.2 Å². The van der Waals surface area contributed by atoms with Crippen LogP contribution in [-0.2, 0) is 17.9 Å². The lowest BCUT2D eigenvalue weighted by molar-refractivity contribution is -0.154. The highest BCUT2D eigenvalue weighted by atomic mass is 16.5. The number of benzene rings is 1. The molecule has 10 heteroatoms. The number of aliphatic carboxylic acids is 1. The van der Waals surface area contributed by atoms with E-state index in [1.807, 2.05) is 6.92 Å². The molecule has 1 aromatic heterocycles. The van der Waals surface area contributed by atoms with Gasteiger partial charge in [0, 0.05) is 13.1 Å². The molecule has 4 rings (SSSR count). The number of aryl methyl sites for hydroxylation is 1. The van der Waals surface area contributed by atoms with Crippen LogP contribution in [-0.4, -0.2) is 44.2 Å². The van der Waals surface area contributed by atoms with Crippen molar-refractivity contribution in [2.75, 3.05) is 18.5 Å². The molecule has 2 fully saturated rings. The number of nitrogens with one attached hydrogen (secondary N) is 1. The van der Waals surface area contributed by atoms with Gasteiger partial charge in [-0.2, -0.15) is 0 Å². The summed E-state index contributed by atoms with van der Waals surface area (Å²) in [5.74, 6) is 1.66. The Morgan fingerprint density at radius 1 is 0.933 bits per heavy atom. The third-order valence-corrected chi connectivity index (χ3v) is 9.56. The van der Waals surface area contributed by atoms with Crippen LogP contribution in [0.15, 0.2) is 33.9 Å². The molecular formula is C35H54N4O6. The smallest absolute Gasteiger partial charge is 0.347 e. The average molecular weight is 627 g/mol. The lowest BCUT2D eigenvalue weighted by atomic mass is 9.86. The normalized spacial score (nSPS) is 17.5. The molecule has 1 aromatic carbocycles. The third-order valence-electron chi connectivity index (χ3n) is 9.56. The number of rotatable bonds is 18.